The van der Waals surface area contributed by atoms with Gasteiger partial charge in [-0.3, -0.25) is 14.6 Å². The van der Waals surface area contributed by atoms with Crippen molar-refractivity contribution in [2.45, 2.75) is 32.2 Å². The summed E-state index contributed by atoms with van der Waals surface area (Å²) in [6.45, 7) is 3.42. The summed E-state index contributed by atoms with van der Waals surface area (Å²) in [4.78, 5) is 39.0. The molecule has 0 spiro atoms. The van der Waals surface area contributed by atoms with E-state index in [1.54, 1.807) is 23.1 Å². The zero-order chi connectivity index (χ0) is 25.1. The molecule has 1 aromatic carbocycles. The van der Waals surface area contributed by atoms with Gasteiger partial charge in [-0.15, -0.1) is 0 Å². The second kappa shape index (κ2) is 10.2. The fraction of sp³-hybridized carbons (Fsp3) is 0.286. The van der Waals surface area contributed by atoms with Crippen LogP contribution >= 0.6 is 0 Å². The lowest BCUT2D eigenvalue weighted by Gasteiger charge is -2.32. The highest BCUT2D eigenvalue weighted by atomic mass is 16.3. The van der Waals surface area contributed by atoms with Crippen molar-refractivity contribution in [2.75, 3.05) is 20.1 Å². The first-order valence-corrected chi connectivity index (χ1v) is 12.0. The van der Waals surface area contributed by atoms with Crippen molar-refractivity contribution in [1.82, 2.24) is 19.8 Å². The first-order chi connectivity index (χ1) is 17.5. The normalized spacial score (nSPS) is 14.1. The molecule has 0 radical (unpaired) electrons. The number of oxazole rings is 1. The molecule has 36 heavy (non-hydrogen) atoms. The maximum Gasteiger partial charge on any atom is 0.276 e. The van der Waals surface area contributed by atoms with Crippen molar-refractivity contribution in [2.24, 2.45) is 0 Å². The Morgan fingerprint density at radius 2 is 1.81 bits per heavy atom. The average Bonchev–Trinajstić information content (AvgIpc) is 3.61. The summed E-state index contributed by atoms with van der Waals surface area (Å²) in [6.07, 6.45) is 4.34. The Morgan fingerprint density at radius 3 is 2.53 bits per heavy atom. The van der Waals surface area contributed by atoms with E-state index in [-0.39, 0.29) is 17.7 Å². The number of hydrogen-bond donors (Lipinski definition) is 0. The fourth-order valence-corrected chi connectivity index (χ4v) is 4.68. The van der Waals surface area contributed by atoms with Crippen LogP contribution in [0.5, 0.6) is 0 Å². The van der Waals surface area contributed by atoms with Gasteiger partial charge in [0.25, 0.3) is 11.8 Å². The third kappa shape index (κ3) is 4.79. The molecule has 4 heterocycles. The third-order valence-electron chi connectivity index (χ3n) is 6.59. The number of piperidine rings is 1. The predicted molar refractivity (Wildman–Crippen MR) is 133 cm³/mol. The number of hydrogen-bond acceptors (Lipinski definition) is 6. The summed E-state index contributed by atoms with van der Waals surface area (Å²) in [5.74, 6) is 1.05. The van der Waals surface area contributed by atoms with Crippen LogP contribution in [0.4, 0.5) is 0 Å². The molecule has 5 rings (SSSR count). The van der Waals surface area contributed by atoms with Gasteiger partial charge in [-0.1, -0.05) is 30.3 Å². The van der Waals surface area contributed by atoms with Crippen LogP contribution in [0, 0.1) is 6.92 Å². The summed E-state index contributed by atoms with van der Waals surface area (Å²) in [5, 5.41) is 0. The minimum atomic E-state index is -0.146. The molecule has 2 amide bonds. The molecular weight excluding hydrogens is 456 g/mol. The van der Waals surface area contributed by atoms with E-state index in [1.165, 1.54) is 6.39 Å². The molecule has 4 aromatic rings. The van der Waals surface area contributed by atoms with Gasteiger partial charge in [-0.25, -0.2) is 4.98 Å². The molecule has 8 heteroatoms. The lowest BCUT2D eigenvalue weighted by molar-refractivity contribution is 0.0701. The Hall–Kier alpha value is -4.20. The number of aryl methyl sites for hydroxylation is 1. The van der Waals surface area contributed by atoms with Crippen LogP contribution < -0.4 is 0 Å². The van der Waals surface area contributed by atoms with Crippen LogP contribution in [0.25, 0.3) is 11.3 Å². The van der Waals surface area contributed by atoms with E-state index in [9.17, 15) is 9.59 Å². The van der Waals surface area contributed by atoms with E-state index in [2.05, 4.69) is 4.98 Å². The van der Waals surface area contributed by atoms with Gasteiger partial charge in [-0.2, -0.15) is 0 Å². The van der Waals surface area contributed by atoms with Gasteiger partial charge in [-0.05, 0) is 44.0 Å². The molecule has 1 fully saturated rings. The lowest BCUT2D eigenvalue weighted by atomic mass is 9.89. The standard InChI is InChI=1S/C28H28N4O4/c1-19-10-11-23(27(33)31(2)17-22-9-6-16-35-22)24(30-19)20-12-14-32(15-13-20)28(34)25-26(36-18-29-25)21-7-4-3-5-8-21/h3-11,16,18,20H,12-15,17H2,1-2H3. The monoisotopic (exact) mass is 484 g/mol. The second-order valence-electron chi connectivity index (χ2n) is 9.09. The number of carbonyl (C=O) groups excluding carboxylic acids is 2. The predicted octanol–water partition coefficient (Wildman–Crippen LogP) is 4.93. The molecule has 184 valence electrons. The van der Waals surface area contributed by atoms with E-state index < -0.39 is 0 Å². The number of aromatic nitrogens is 2. The van der Waals surface area contributed by atoms with Crippen molar-refractivity contribution in [1.29, 1.82) is 0 Å². The molecule has 3 aromatic heterocycles. The van der Waals surface area contributed by atoms with Gasteiger partial charge in [0.05, 0.1) is 24.1 Å². The van der Waals surface area contributed by atoms with Crippen LogP contribution in [0.15, 0.2) is 76.1 Å². The van der Waals surface area contributed by atoms with Gasteiger partial charge in [0.15, 0.2) is 17.8 Å². The molecule has 0 aliphatic carbocycles. The van der Waals surface area contributed by atoms with E-state index in [0.29, 0.717) is 49.5 Å². The summed E-state index contributed by atoms with van der Waals surface area (Å²) in [6, 6.07) is 16.9. The fourth-order valence-electron chi connectivity index (χ4n) is 4.68. The van der Waals surface area contributed by atoms with Gasteiger partial charge in [0.1, 0.15) is 5.76 Å². The molecule has 1 saturated heterocycles. The van der Waals surface area contributed by atoms with E-state index in [4.69, 9.17) is 13.8 Å². The Balaban J connectivity index is 1.30. The van der Waals surface area contributed by atoms with Gasteiger partial charge >= 0.3 is 0 Å². The minimum Gasteiger partial charge on any atom is -0.467 e. The highest BCUT2D eigenvalue weighted by molar-refractivity contribution is 5.98. The zero-order valence-electron chi connectivity index (χ0n) is 20.4. The molecular formula is C28H28N4O4. The third-order valence-corrected chi connectivity index (χ3v) is 6.59. The molecule has 8 nitrogen and oxygen atoms in total. The Labute approximate surface area is 209 Å². The second-order valence-corrected chi connectivity index (χ2v) is 9.09. The van der Waals surface area contributed by atoms with E-state index >= 15 is 0 Å². The van der Waals surface area contributed by atoms with Gasteiger partial charge < -0.3 is 18.6 Å². The summed E-state index contributed by atoms with van der Waals surface area (Å²) < 4.78 is 10.9. The molecule has 0 saturated carbocycles. The molecule has 1 aliphatic heterocycles. The van der Waals surface area contributed by atoms with Crippen LogP contribution in [-0.2, 0) is 6.54 Å². The highest BCUT2D eigenvalue weighted by Crippen LogP contribution is 2.32. The van der Waals surface area contributed by atoms with E-state index in [1.807, 2.05) is 61.5 Å². The smallest absolute Gasteiger partial charge is 0.276 e. The van der Waals surface area contributed by atoms with Crippen molar-refractivity contribution in [3.63, 3.8) is 0 Å². The number of furan rings is 1. The Bertz CT molecular complexity index is 1340. The average molecular weight is 485 g/mol. The van der Waals surface area contributed by atoms with Gasteiger partial charge in [0, 0.05) is 37.3 Å². The van der Waals surface area contributed by atoms with Crippen molar-refractivity contribution in [3.05, 3.63) is 95.7 Å². The molecule has 0 unspecified atom stereocenters. The topological polar surface area (TPSA) is 92.7 Å². The van der Waals surface area contributed by atoms with Crippen molar-refractivity contribution < 1.29 is 18.4 Å². The van der Waals surface area contributed by atoms with Crippen molar-refractivity contribution >= 4 is 11.8 Å². The summed E-state index contributed by atoms with van der Waals surface area (Å²) in [5.41, 5.74) is 3.40. The quantitative estimate of drug-likeness (QED) is 0.385. The van der Waals surface area contributed by atoms with Crippen molar-refractivity contribution in [3.8, 4) is 11.3 Å². The molecule has 1 aliphatic rings. The van der Waals surface area contributed by atoms with Crippen LogP contribution in [0.1, 0.15) is 56.8 Å². The maximum atomic E-state index is 13.3. The minimum absolute atomic E-state index is 0.0795. The number of carbonyl (C=O) groups is 2. The first kappa shape index (κ1) is 23.5. The zero-order valence-corrected chi connectivity index (χ0v) is 20.4. The summed E-state index contributed by atoms with van der Waals surface area (Å²) >= 11 is 0. The first-order valence-electron chi connectivity index (χ1n) is 12.0. The van der Waals surface area contributed by atoms with Crippen LogP contribution in [0.2, 0.25) is 0 Å². The van der Waals surface area contributed by atoms with Crippen LogP contribution in [-0.4, -0.2) is 51.7 Å². The number of nitrogens with zero attached hydrogens (tertiary/aromatic N) is 4. The molecule has 0 atom stereocenters. The SMILES string of the molecule is Cc1ccc(C(=O)N(C)Cc2ccco2)c(C2CCN(C(=O)c3ncoc3-c3ccccc3)CC2)n1. The van der Waals surface area contributed by atoms with Gasteiger partial charge in [0.2, 0.25) is 0 Å². The number of rotatable bonds is 6. The Morgan fingerprint density at radius 1 is 1.03 bits per heavy atom. The number of benzene rings is 1. The van der Waals surface area contributed by atoms with E-state index in [0.717, 1.165) is 22.7 Å². The number of likely N-dealkylation sites (tertiary alicyclic amines) is 1. The molecule has 0 bridgehead atoms. The maximum absolute atomic E-state index is 13.3. The lowest BCUT2D eigenvalue weighted by Crippen LogP contribution is -2.39. The summed E-state index contributed by atoms with van der Waals surface area (Å²) in [7, 11) is 1.76. The van der Waals surface area contributed by atoms with Crippen LogP contribution in [0.3, 0.4) is 0 Å². The number of pyridine rings is 1. The number of amides is 2. The Kier molecular flexibility index (Phi) is 6.66. The molecule has 0 N–H and O–H groups in total. The largest absolute Gasteiger partial charge is 0.467 e. The highest BCUT2D eigenvalue weighted by Gasteiger charge is 2.31.